The number of hydrogen-bond acceptors (Lipinski definition) is 3. The van der Waals surface area contributed by atoms with E-state index in [9.17, 15) is 5.11 Å². The molecule has 2 N–H and O–H groups in total. The van der Waals surface area contributed by atoms with Gasteiger partial charge in [-0.1, -0.05) is 85.3 Å². The van der Waals surface area contributed by atoms with Crippen molar-refractivity contribution in [3.8, 4) is 0 Å². The lowest BCUT2D eigenvalue weighted by Gasteiger charge is -2.40. The lowest BCUT2D eigenvalue weighted by atomic mass is 9.69. The molecule has 28 heavy (non-hydrogen) atoms. The van der Waals surface area contributed by atoms with Crippen molar-refractivity contribution in [1.29, 1.82) is 0 Å². The molecule has 1 fully saturated rings. The number of rotatable bonds is 5. The minimum atomic E-state index is -1.10. The highest BCUT2D eigenvalue weighted by molar-refractivity contribution is 5.89. The molecule has 3 nitrogen and oxygen atoms in total. The Labute approximate surface area is 166 Å². The van der Waals surface area contributed by atoms with Gasteiger partial charge in [0.25, 0.3) is 0 Å². The highest BCUT2D eigenvalue weighted by atomic mass is 16.3. The molecule has 0 heterocycles. The molecule has 0 spiro atoms. The van der Waals surface area contributed by atoms with E-state index in [0.717, 1.165) is 48.2 Å². The first-order chi connectivity index (χ1) is 13.8. The van der Waals surface area contributed by atoms with Crippen LogP contribution < -0.4 is 5.43 Å². The van der Waals surface area contributed by atoms with Gasteiger partial charge in [0.05, 0.1) is 5.69 Å². The molecule has 1 aliphatic carbocycles. The zero-order valence-electron chi connectivity index (χ0n) is 16.0. The van der Waals surface area contributed by atoms with Crippen LogP contribution in [-0.2, 0) is 5.60 Å². The van der Waals surface area contributed by atoms with Gasteiger partial charge in [-0.3, -0.25) is 5.43 Å². The van der Waals surface area contributed by atoms with Crippen LogP contribution in [0.3, 0.4) is 0 Å². The summed E-state index contributed by atoms with van der Waals surface area (Å²) < 4.78 is 0. The maximum absolute atomic E-state index is 12.1. The lowest BCUT2D eigenvalue weighted by Crippen LogP contribution is -2.42. The van der Waals surface area contributed by atoms with E-state index >= 15 is 0 Å². The van der Waals surface area contributed by atoms with E-state index in [4.69, 9.17) is 5.10 Å². The van der Waals surface area contributed by atoms with E-state index in [1.54, 1.807) is 0 Å². The molecular weight excluding hydrogens is 344 g/mol. The summed E-state index contributed by atoms with van der Waals surface area (Å²) in [5.41, 5.74) is 5.93. The molecule has 4 rings (SSSR count). The summed E-state index contributed by atoms with van der Waals surface area (Å²) >= 11 is 0. The van der Waals surface area contributed by atoms with Crippen LogP contribution in [0.4, 0.5) is 5.69 Å². The minimum Gasteiger partial charge on any atom is -0.380 e. The first-order valence-electron chi connectivity index (χ1n) is 9.99. The van der Waals surface area contributed by atoms with Gasteiger partial charge in [0.1, 0.15) is 5.60 Å². The average Bonchev–Trinajstić information content (AvgIpc) is 2.79. The summed E-state index contributed by atoms with van der Waals surface area (Å²) in [5, 5.41) is 16.9. The SMILES string of the molecule is OC(c1ccccc1)(c1ccccc1)C1CCCCC1=NNc1ccccc1. The Morgan fingerprint density at radius 2 is 1.29 bits per heavy atom. The van der Waals surface area contributed by atoms with Crippen molar-refractivity contribution < 1.29 is 5.11 Å². The van der Waals surface area contributed by atoms with Crippen molar-refractivity contribution in [3.63, 3.8) is 0 Å². The summed E-state index contributed by atoms with van der Waals surface area (Å²) in [7, 11) is 0. The second kappa shape index (κ2) is 8.41. The fraction of sp³-hybridized carbons (Fsp3) is 0.240. The third-order valence-electron chi connectivity index (χ3n) is 5.61. The van der Waals surface area contributed by atoms with Crippen molar-refractivity contribution in [2.75, 3.05) is 5.43 Å². The summed E-state index contributed by atoms with van der Waals surface area (Å²) in [4.78, 5) is 0. The quantitative estimate of drug-likeness (QED) is 0.576. The standard InChI is InChI=1S/C25H26N2O/c28-25(20-12-4-1-5-13-20,21-14-6-2-7-15-21)23-18-10-11-19-24(23)27-26-22-16-8-3-9-17-22/h1-9,12-17,23,26,28H,10-11,18-19H2. The van der Waals surface area contributed by atoms with E-state index < -0.39 is 5.60 Å². The maximum atomic E-state index is 12.1. The number of aliphatic hydroxyl groups is 1. The number of nitrogens with one attached hydrogen (secondary N) is 1. The Balaban J connectivity index is 1.75. The van der Waals surface area contributed by atoms with Crippen LogP contribution in [-0.4, -0.2) is 10.8 Å². The Hall–Kier alpha value is -2.91. The third kappa shape index (κ3) is 3.71. The zero-order valence-corrected chi connectivity index (χ0v) is 16.0. The molecule has 0 aliphatic heterocycles. The third-order valence-corrected chi connectivity index (χ3v) is 5.61. The van der Waals surface area contributed by atoms with Gasteiger partial charge in [0.15, 0.2) is 0 Å². The Kier molecular flexibility index (Phi) is 5.54. The number of nitrogens with zero attached hydrogens (tertiary/aromatic N) is 1. The molecule has 3 aromatic rings. The number of hydrazone groups is 1. The molecule has 1 aliphatic rings. The Morgan fingerprint density at radius 3 is 1.86 bits per heavy atom. The molecule has 0 radical (unpaired) electrons. The van der Waals surface area contributed by atoms with Crippen LogP contribution in [0.1, 0.15) is 36.8 Å². The Bertz CT molecular complexity index is 868. The van der Waals surface area contributed by atoms with Crippen LogP contribution >= 0.6 is 0 Å². The van der Waals surface area contributed by atoms with Gasteiger partial charge in [0.2, 0.25) is 0 Å². The number of benzene rings is 3. The van der Waals surface area contributed by atoms with Gasteiger partial charge >= 0.3 is 0 Å². The predicted molar refractivity (Wildman–Crippen MR) is 115 cm³/mol. The molecule has 142 valence electrons. The van der Waals surface area contributed by atoms with Crippen molar-refractivity contribution in [2.24, 2.45) is 11.0 Å². The van der Waals surface area contributed by atoms with Gasteiger partial charge in [0, 0.05) is 11.6 Å². The number of hydrogen-bond donors (Lipinski definition) is 2. The average molecular weight is 370 g/mol. The monoisotopic (exact) mass is 370 g/mol. The van der Waals surface area contributed by atoms with Crippen molar-refractivity contribution >= 4 is 11.4 Å². The van der Waals surface area contributed by atoms with Gasteiger partial charge in [-0.15, -0.1) is 0 Å². The van der Waals surface area contributed by atoms with Crippen LogP contribution in [0.5, 0.6) is 0 Å². The van der Waals surface area contributed by atoms with Crippen molar-refractivity contribution in [3.05, 3.63) is 102 Å². The second-order valence-electron chi connectivity index (χ2n) is 7.38. The molecule has 1 saturated carbocycles. The lowest BCUT2D eigenvalue weighted by molar-refractivity contribution is 0.0364. The Morgan fingerprint density at radius 1 is 0.750 bits per heavy atom. The molecule has 0 bridgehead atoms. The van der Waals surface area contributed by atoms with E-state index in [-0.39, 0.29) is 5.92 Å². The van der Waals surface area contributed by atoms with Crippen molar-refractivity contribution in [1.82, 2.24) is 0 Å². The normalized spacial score (nSPS) is 18.8. The van der Waals surface area contributed by atoms with Crippen molar-refractivity contribution in [2.45, 2.75) is 31.3 Å². The number of para-hydroxylation sites is 1. The smallest absolute Gasteiger partial charge is 0.123 e. The molecule has 0 amide bonds. The van der Waals surface area contributed by atoms with Gasteiger partial charge in [-0.25, -0.2) is 0 Å². The first-order valence-corrected chi connectivity index (χ1v) is 9.99. The fourth-order valence-electron chi connectivity index (χ4n) is 4.18. The van der Waals surface area contributed by atoms with Gasteiger partial charge in [-0.2, -0.15) is 5.10 Å². The minimum absolute atomic E-state index is 0.0673. The maximum Gasteiger partial charge on any atom is 0.123 e. The predicted octanol–water partition coefficient (Wildman–Crippen LogP) is 5.58. The molecule has 0 aromatic heterocycles. The molecular formula is C25H26N2O. The van der Waals surface area contributed by atoms with Crippen LogP contribution in [0.2, 0.25) is 0 Å². The van der Waals surface area contributed by atoms with Gasteiger partial charge in [-0.05, 0) is 42.5 Å². The largest absolute Gasteiger partial charge is 0.380 e. The van der Waals surface area contributed by atoms with Gasteiger partial charge < -0.3 is 5.11 Å². The van der Waals surface area contributed by atoms with E-state index in [0.29, 0.717) is 0 Å². The highest BCUT2D eigenvalue weighted by Gasteiger charge is 2.43. The summed E-state index contributed by atoms with van der Waals surface area (Å²) in [6.45, 7) is 0. The summed E-state index contributed by atoms with van der Waals surface area (Å²) in [6.07, 6.45) is 4.00. The summed E-state index contributed by atoms with van der Waals surface area (Å²) in [5.74, 6) is -0.0673. The topological polar surface area (TPSA) is 44.6 Å². The molecule has 0 saturated heterocycles. The van der Waals surface area contributed by atoms with E-state index in [2.05, 4.69) is 5.43 Å². The molecule has 1 unspecified atom stereocenters. The first kappa shape index (κ1) is 18.5. The molecule has 3 aromatic carbocycles. The van der Waals surface area contributed by atoms with Crippen LogP contribution in [0.15, 0.2) is 96.1 Å². The fourth-order valence-corrected chi connectivity index (χ4v) is 4.18. The number of anilines is 1. The summed E-state index contributed by atoms with van der Waals surface area (Å²) in [6, 6.07) is 30.0. The van der Waals surface area contributed by atoms with Crippen LogP contribution in [0.25, 0.3) is 0 Å². The van der Waals surface area contributed by atoms with E-state index in [1.165, 1.54) is 0 Å². The van der Waals surface area contributed by atoms with E-state index in [1.807, 2.05) is 91.0 Å². The highest BCUT2D eigenvalue weighted by Crippen LogP contribution is 2.42. The van der Waals surface area contributed by atoms with Crippen LogP contribution in [0, 0.1) is 5.92 Å². The molecule has 1 atom stereocenters. The zero-order chi connectivity index (χ0) is 19.2. The molecule has 3 heteroatoms. The second-order valence-corrected chi connectivity index (χ2v) is 7.38.